The molecule has 0 bridgehead atoms. The highest BCUT2D eigenvalue weighted by atomic mass is 35.5. The molecule has 2 aromatic rings. The predicted molar refractivity (Wildman–Crippen MR) is 102 cm³/mol. The van der Waals surface area contributed by atoms with Crippen LogP contribution < -0.4 is 16.1 Å². The van der Waals surface area contributed by atoms with Gasteiger partial charge in [-0.05, 0) is 12.0 Å². The van der Waals surface area contributed by atoms with Crippen LogP contribution in [0.3, 0.4) is 0 Å². The van der Waals surface area contributed by atoms with Crippen LogP contribution in [0.2, 0.25) is 0 Å². The fourth-order valence-electron chi connectivity index (χ4n) is 3.72. The third-order valence-electron chi connectivity index (χ3n) is 5.41. The van der Waals surface area contributed by atoms with Crippen LogP contribution in [-0.2, 0) is 4.74 Å². The molecule has 2 atom stereocenters. The van der Waals surface area contributed by atoms with Crippen molar-refractivity contribution >= 4 is 35.0 Å². The van der Waals surface area contributed by atoms with Gasteiger partial charge in [0.25, 0.3) is 0 Å². The molecule has 152 valence electrons. The maximum Gasteiger partial charge on any atom is 0.341 e. The molecule has 7 nitrogen and oxygen atoms in total. The lowest BCUT2D eigenvalue weighted by atomic mass is 10.1. The molecule has 2 fully saturated rings. The van der Waals surface area contributed by atoms with Crippen molar-refractivity contribution < 1.29 is 23.4 Å². The SMILES string of the molecule is C[C@H]1CN(c2c(F)cc3c(=O)c(C(=O)O)cn(C4COC4)c3c2F)C[C@H]1N.Cl. The second-order valence-electron chi connectivity index (χ2n) is 7.24. The lowest BCUT2D eigenvalue weighted by Crippen LogP contribution is -2.34. The fourth-order valence-corrected chi connectivity index (χ4v) is 3.72. The maximum absolute atomic E-state index is 15.5. The van der Waals surface area contributed by atoms with E-state index in [1.165, 1.54) is 9.47 Å². The van der Waals surface area contributed by atoms with Crippen molar-refractivity contribution in [2.75, 3.05) is 31.2 Å². The van der Waals surface area contributed by atoms with Crippen molar-refractivity contribution in [3.05, 3.63) is 39.7 Å². The highest BCUT2D eigenvalue weighted by Gasteiger charge is 2.33. The number of pyridine rings is 1. The van der Waals surface area contributed by atoms with Crippen molar-refractivity contribution in [2.45, 2.75) is 19.0 Å². The highest BCUT2D eigenvalue weighted by Crippen LogP contribution is 2.34. The molecule has 1 aromatic carbocycles. The third-order valence-corrected chi connectivity index (χ3v) is 5.41. The Hall–Kier alpha value is -2.23. The van der Waals surface area contributed by atoms with Crippen LogP contribution in [0.4, 0.5) is 14.5 Å². The topological polar surface area (TPSA) is 97.8 Å². The molecule has 10 heteroatoms. The summed E-state index contributed by atoms with van der Waals surface area (Å²) in [6.45, 7) is 3.11. The molecule has 2 saturated heterocycles. The first-order chi connectivity index (χ1) is 12.8. The average Bonchev–Trinajstić information content (AvgIpc) is 2.86. The van der Waals surface area contributed by atoms with Gasteiger partial charge in [0.2, 0.25) is 5.43 Å². The summed E-state index contributed by atoms with van der Waals surface area (Å²) in [6.07, 6.45) is 1.11. The quantitative estimate of drug-likeness (QED) is 0.792. The Bertz CT molecular complexity index is 999. The van der Waals surface area contributed by atoms with Crippen molar-refractivity contribution in [2.24, 2.45) is 11.7 Å². The summed E-state index contributed by atoms with van der Waals surface area (Å²) in [5.74, 6) is -3.17. The molecular formula is C18H20ClF2N3O4. The molecule has 0 aliphatic carbocycles. The molecule has 0 spiro atoms. The number of aromatic nitrogens is 1. The van der Waals surface area contributed by atoms with Crippen LogP contribution in [0.15, 0.2) is 17.1 Å². The summed E-state index contributed by atoms with van der Waals surface area (Å²) >= 11 is 0. The van der Waals surface area contributed by atoms with E-state index >= 15 is 4.39 Å². The molecule has 3 heterocycles. The summed E-state index contributed by atoms with van der Waals surface area (Å²) in [4.78, 5) is 25.4. The molecule has 0 radical (unpaired) electrons. The van der Waals surface area contributed by atoms with Gasteiger partial charge >= 0.3 is 5.97 Å². The molecule has 2 aliphatic heterocycles. The fraction of sp³-hybridized carbons (Fsp3) is 0.444. The number of halogens is 3. The number of carbonyl (C=O) groups is 1. The molecule has 3 N–H and O–H groups in total. The Labute approximate surface area is 165 Å². The van der Waals surface area contributed by atoms with Crippen molar-refractivity contribution in [3.8, 4) is 0 Å². The number of benzene rings is 1. The van der Waals surface area contributed by atoms with Gasteiger partial charge in [0.05, 0.1) is 30.2 Å². The van der Waals surface area contributed by atoms with E-state index in [4.69, 9.17) is 10.5 Å². The van der Waals surface area contributed by atoms with Crippen LogP contribution in [0.5, 0.6) is 0 Å². The van der Waals surface area contributed by atoms with Crippen LogP contribution in [0.25, 0.3) is 10.9 Å². The van der Waals surface area contributed by atoms with E-state index in [2.05, 4.69) is 0 Å². The van der Waals surface area contributed by atoms with Gasteiger partial charge in [-0.25, -0.2) is 13.6 Å². The number of carboxylic acids is 1. The number of aromatic carboxylic acids is 1. The lowest BCUT2D eigenvalue weighted by Gasteiger charge is -2.31. The van der Waals surface area contributed by atoms with Gasteiger partial charge in [-0.3, -0.25) is 4.79 Å². The van der Waals surface area contributed by atoms with Crippen LogP contribution >= 0.6 is 12.4 Å². The minimum atomic E-state index is -1.44. The Kier molecular flexibility index (Phi) is 5.35. The summed E-state index contributed by atoms with van der Waals surface area (Å²) in [7, 11) is 0. The minimum Gasteiger partial charge on any atom is -0.477 e. The van der Waals surface area contributed by atoms with E-state index in [9.17, 15) is 19.1 Å². The van der Waals surface area contributed by atoms with Crippen molar-refractivity contribution in [1.29, 1.82) is 0 Å². The summed E-state index contributed by atoms with van der Waals surface area (Å²) in [5.41, 5.74) is 4.19. The van der Waals surface area contributed by atoms with Gasteiger partial charge in [-0.15, -0.1) is 12.4 Å². The first kappa shape index (κ1) is 20.5. The molecule has 0 amide bonds. The largest absolute Gasteiger partial charge is 0.477 e. The summed E-state index contributed by atoms with van der Waals surface area (Å²) in [6, 6.07) is 0.391. The van der Waals surface area contributed by atoms with Crippen LogP contribution in [0.1, 0.15) is 23.3 Å². The number of anilines is 1. The number of nitrogens with zero attached hydrogens (tertiary/aromatic N) is 2. The molecule has 0 saturated carbocycles. The highest BCUT2D eigenvalue weighted by molar-refractivity contribution is 5.94. The van der Waals surface area contributed by atoms with E-state index in [0.29, 0.717) is 13.1 Å². The Morgan fingerprint density at radius 2 is 2.00 bits per heavy atom. The zero-order valence-electron chi connectivity index (χ0n) is 15.0. The monoisotopic (exact) mass is 415 g/mol. The zero-order chi connectivity index (χ0) is 19.5. The normalized spacial score (nSPS) is 22.2. The Morgan fingerprint density at radius 3 is 2.50 bits per heavy atom. The standard InChI is InChI=1S/C18H19F2N3O4.ClH/c1-8-3-22(5-13(8)21)16-12(19)2-10-15(14(16)20)23(9-6-27-7-9)4-11(17(10)24)18(25)26;/h2,4,8-9,13H,3,5-7,21H2,1H3,(H,25,26);1H/t8-,13+;/m0./s1. The minimum absolute atomic E-state index is 0. The first-order valence-corrected chi connectivity index (χ1v) is 8.68. The number of ether oxygens (including phenoxy) is 1. The number of hydrogen-bond acceptors (Lipinski definition) is 5. The van der Waals surface area contributed by atoms with Gasteiger partial charge in [0.15, 0.2) is 5.82 Å². The maximum atomic E-state index is 15.5. The average molecular weight is 416 g/mol. The van der Waals surface area contributed by atoms with E-state index in [-0.39, 0.29) is 60.2 Å². The van der Waals surface area contributed by atoms with Crippen molar-refractivity contribution in [1.82, 2.24) is 4.57 Å². The van der Waals surface area contributed by atoms with E-state index in [0.717, 1.165) is 12.3 Å². The van der Waals surface area contributed by atoms with E-state index < -0.39 is 28.6 Å². The van der Waals surface area contributed by atoms with Gasteiger partial charge in [0, 0.05) is 25.3 Å². The third kappa shape index (κ3) is 3.03. The van der Waals surface area contributed by atoms with Crippen LogP contribution in [0, 0.1) is 17.6 Å². The Morgan fingerprint density at radius 1 is 1.32 bits per heavy atom. The van der Waals surface area contributed by atoms with Crippen LogP contribution in [-0.4, -0.2) is 48.0 Å². The molecular weight excluding hydrogens is 396 g/mol. The lowest BCUT2D eigenvalue weighted by molar-refractivity contribution is -0.0219. The van der Waals surface area contributed by atoms with Gasteiger partial charge in [-0.1, -0.05) is 6.92 Å². The number of rotatable bonds is 3. The molecule has 1 aromatic heterocycles. The summed E-state index contributed by atoms with van der Waals surface area (Å²) in [5, 5.41) is 9.00. The van der Waals surface area contributed by atoms with Gasteiger partial charge in [0.1, 0.15) is 17.1 Å². The molecule has 4 rings (SSSR count). The van der Waals surface area contributed by atoms with Gasteiger partial charge < -0.3 is 25.0 Å². The zero-order valence-corrected chi connectivity index (χ0v) is 15.8. The molecule has 2 aliphatic rings. The predicted octanol–water partition coefficient (Wildman–Crippen LogP) is 1.75. The second-order valence-corrected chi connectivity index (χ2v) is 7.24. The molecule has 28 heavy (non-hydrogen) atoms. The molecule has 0 unspecified atom stereocenters. The Balaban J connectivity index is 0.00000225. The summed E-state index contributed by atoms with van der Waals surface area (Å²) < 4.78 is 36.7. The number of nitrogens with two attached hydrogens (primary N) is 1. The number of carboxylic acid groups (broad SMARTS) is 1. The first-order valence-electron chi connectivity index (χ1n) is 8.68. The van der Waals surface area contributed by atoms with E-state index in [1.54, 1.807) is 0 Å². The van der Waals surface area contributed by atoms with E-state index in [1.807, 2.05) is 6.92 Å². The number of hydrogen-bond donors (Lipinski definition) is 2. The second kappa shape index (κ2) is 7.31. The van der Waals surface area contributed by atoms with Crippen molar-refractivity contribution in [3.63, 3.8) is 0 Å². The number of fused-ring (bicyclic) bond motifs is 1. The van der Waals surface area contributed by atoms with Gasteiger partial charge in [-0.2, -0.15) is 0 Å². The smallest absolute Gasteiger partial charge is 0.341 e.